The minimum atomic E-state index is 0.121. The van der Waals surface area contributed by atoms with E-state index in [1.807, 2.05) is 0 Å². The van der Waals surface area contributed by atoms with Crippen molar-refractivity contribution >= 4 is 0 Å². The van der Waals surface area contributed by atoms with E-state index in [1.165, 1.54) is 18.4 Å². The van der Waals surface area contributed by atoms with Gasteiger partial charge in [0, 0.05) is 23.8 Å². The fourth-order valence-corrected chi connectivity index (χ4v) is 1.91. The molecule has 0 spiro atoms. The van der Waals surface area contributed by atoms with Crippen molar-refractivity contribution in [2.24, 2.45) is 5.92 Å². The predicted molar refractivity (Wildman–Crippen MR) is 83.1 cm³/mol. The van der Waals surface area contributed by atoms with E-state index >= 15 is 0 Å². The van der Waals surface area contributed by atoms with Gasteiger partial charge in [0.1, 0.15) is 0 Å². The average Bonchev–Trinajstić information content (AvgIpc) is 3.17. The SMILES string of the molecule is CC(C)c1cc(CNC(C)(C)C)cc(OCC2CC2)n1. The first kappa shape index (κ1) is 15.3. The second-order valence-corrected chi connectivity index (χ2v) is 7.25. The van der Waals surface area contributed by atoms with E-state index in [2.05, 4.69) is 57.1 Å². The normalized spacial score (nSPS) is 15.7. The summed E-state index contributed by atoms with van der Waals surface area (Å²) in [4.78, 5) is 4.63. The zero-order valence-corrected chi connectivity index (χ0v) is 13.5. The first-order valence-electron chi connectivity index (χ1n) is 7.72. The van der Waals surface area contributed by atoms with Crippen molar-refractivity contribution in [1.82, 2.24) is 10.3 Å². The van der Waals surface area contributed by atoms with E-state index in [9.17, 15) is 0 Å². The van der Waals surface area contributed by atoms with Gasteiger partial charge in [-0.3, -0.25) is 0 Å². The molecule has 0 unspecified atom stereocenters. The van der Waals surface area contributed by atoms with Gasteiger partial charge in [-0.2, -0.15) is 0 Å². The summed E-state index contributed by atoms with van der Waals surface area (Å²) in [6, 6.07) is 4.26. The standard InChI is InChI=1S/C17H28N2O/c1-12(2)15-8-14(10-18-17(3,4)5)9-16(19-15)20-11-13-6-7-13/h8-9,12-13,18H,6-7,10-11H2,1-5H3. The molecule has 1 heterocycles. The van der Waals surface area contributed by atoms with Crippen LogP contribution in [0.25, 0.3) is 0 Å². The Morgan fingerprint density at radius 3 is 2.55 bits per heavy atom. The smallest absolute Gasteiger partial charge is 0.213 e. The monoisotopic (exact) mass is 276 g/mol. The molecule has 0 amide bonds. The van der Waals surface area contributed by atoms with Crippen LogP contribution >= 0.6 is 0 Å². The van der Waals surface area contributed by atoms with Gasteiger partial charge in [-0.05, 0) is 57.1 Å². The maximum absolute atomic E-state index is 5.85. The fraction of sp³-hybridized carbons (Fsp3) is 0.706. The molecule has 1 aromatic heterocycles. The molecule has 0 bridgehead atoms. The molecule has 1 saturated carbocycles. The van der Waals surface area contributed by atoms with Crippen LogP contribution in [0.15, 0.2) is 12.1 Å². The van der Waals surface area contributed by atoms with Crippen molar-refractivity contribution in [3.8, 4) is 5.88 Å². The van der Waals surface area contributed by atoms with Gasteiger partial charge in [0.15, 0.2) is 0 Å². The maximum atomic E-state index is 5.85. The Hall–Kier alpha value is -1.09. The van der Waals surface area contributed by atoms with Gasteiger partial charge in [0.2, 0.25) is 5.88 Å². The van der Waals surface area contributed by atoms with E-state index in [1.54, 1.807) is 0 Å². The Bertz CT molecular complexity index is 445. The summed E-state index contributed by atoms with van der Waals surface area (Å²) < 4.78 is 5.85. The first-order valence-corrected chi connectivity index (χ1v) is 7.72. The number of hydrogen-bond acceptors (Lipinski definition) is 3. The molecule has 0 atom stereocenters. The van der Waals surface area contributed by atoms with Crippen LogP contribution in [0.2, 0.25) is 0 Å². The molecule has 1 aliphatic carbocycles. The zero-order valence-electron chi connectivity index (χ0n) is 13.5. The van der Waals surface area contributed by atoms with E-state index in [4.69, 9.17) is 4.74 Å². The Balaban J connectivity index is 2.07. The molecule has 0 saturated heterocycles. The highest BCUT2D eigenvalue weighted by atomic mass is 16.5. The van der Waals surface area contributed by atoms with Crippen molar-refractivity contribution in [1.29, 1.82) is 0 Å². The number of nitrogens with zero attached hydrogens (tertiary/aromatic N) is 1. The lowest BCUT2D eigenvalue weighted by Gasteiger charge is -2.21. The quantitative estimate of drug-likeness (QED) is 0.856. The van der Waals surface area contributed by atoms with Crippen molar-refractivity contribution in [2.45, 2.75) is 65.5 Å². The number of hydrogen-bond donors (Lipinski definition) is 1. The summed E-state index contributed by atoms with van der Waals surface area (Å²) in [6.45, 7) is 12.6. The lowest BCUT2D eigenvalue weighted by atomic mass is 10.1. The molecule has 0 radical (unpaired) electrons. The van der Waals surface area contributed by atoms with Crippen LogP contribution in [0.3, 0.4) is 0 Å². The van der Waals surface area contributed by atoms with Crippen LogP contribution in [0.5, 0.6) is 5.88 Å². The van der Waals surface area contributed by atoms with Crippen molar-refractivity contribution < 1.29 is 4.74 Å². The van der Waals surface area contributed by atoms with Crippen molar-refractivity contribution in [3.63, 3.8) is 0 Å². The third-order valence-corrected chi connectivity index (χ3v) is 3.46. The molecule has 0 aromatic carbocycles. The van der Waals surface area contributed by atoms with Crippen LogP contribution in [0.4, 0.5) is 0 Å². The molecule has 1 fully saturated rings. The molecule has 1 aromatic rings. The third kappa shape index (κ3) is 5.12. The third-order valence-electron chi connectivity index (χ3n) is 3.46. The van der Waals surface area contributed by atoms with E-state index in [0.29, 0.717) is 5.92 Å². The minimum absolute atomic E-state index is 0.121. The number of ether oxygens (including phenoxy) is 1. The van der Waals surface area contributed by atoms with Gasteiger partial charge >= 0.3 is 0 Å². The average molecular weight is 276 g/mol. The Labute approximate surface area is 123 Å². The molecule has 0 aliphatic heterocycles. The molecular formula is C17H28N2O. The Kier molecular flexibility index (Phi) is 4.69. The summed E-state index contributed by atoms with van der Waals surface area (Å²) in [5.41, 5.74) is 2.49. The molecule has 1 aliphatic rings. The first-order chi connectivity index (χ1) is 9.33. The van der Waals surface area contributed by atoms with Gasteiger partial charge in [-0.15, -0.1) is 0 Å². The molecule has 2 rings (SSSR count). The van der Waals surface area contributed by atoms with Crippen LogP contribution in [-0.4, -0.2) is 17.1 Å². The molecule has 3 heteroatoms. The van der Waals surface area contributed by atoms with Crippen LogP contribution in [-0.2, 0) is 6.54 Å². The maximum Gasteiger partial charge on any atom is 0.213 e. The topological polar surface area (TPSA) is 34.1 Å². The second-order valence-electron chi connectivity index (χ2n) is 7.25. The summed E-state index contributed by atoms with van der Waals surface area (Å²) in [5, 5.41) is 3.53. The Morgan fingerprint density at radius 1 is 1.30 bits per heavy atom. The lowest BCUT2D eigenvalue weighted by Crippen LogP contribution is -2.35. The van der Waals surface area contributed by atoms with Gasteiger partial charge in [-0.1, -0.05) is 13.8 Å². The zero-order chi connectivity index (χ0) is 14.8. The highest BCUT2D eigenvalue weighted by Crippen LogP contribution is 2.29. The molecular weight excluding hydrogens is 248 g/mol. The van der Waals surface area contributed by atoms with Crippen LogP contribution in [0, 0.1) is 5.92 Å². The Morgan fingerprint density at radius 2 is 2.00 bits per heavy atom. The molecule has 3 nitrogen and oxygen atoms in total. The summed E-state index contributed by atoms with van der Waals surface area (Å²) in [6.07, 6.45) is 2.62. The molecule has 1 N–H and O–H groups in total. The van der Waals surface area contributed by atoms with Gasteiger partial charge in [0.25, 0.3) is 0 Å². The van der Waals surface area contributed by atoms with Crippen LogP contribution < -0.4 is 10.1 Å². The molecule has 112 valence electrons. The fourth-order valence-electron chi connectivity index (χ4n) is 1.91. The second kappa shape index (κ2) is 6.13. The highest BCUT2D eigenvalue weighted by molar-refractivity contribution is 5.27. The number of aromatic nitrogens is 1. The summed E-state index contributed by atoms with van der Waals surface area (Å²) >= 11 is 0. The van der Waals surface area contributed by atoms with Gasteiger partial charge in [-0.25, -0.2) is 4.98 Å². The highest BCUT2D eigenvalue weighted by Gasteiger charge is 2.22. The lowest BCUT2D eigenvalue weighted by molar-refractivity contribution is 0.286. The van der Waals surface area contributed by atoms with Crippen molar-refractivity contribution in [3.05, 3.63) is 23.4 Å². The summed E-state index contributed by atoms with van der Waals surface area (Å²) in [7, 11) is 0. The van der Waals surface area contributed by atoms with Crippen LogP contribution in [0.1, 0.15) is 64.6 Å². The molecule has 20 heavy (non-hydrogen) atoms. The van der Waals surface area contributed by atoms with Gasteiger partial charge in [0.05, 0.1) is 6.61 Å². The number of rotatable bonds is 6. The van der Waals surface area contributed by atoms with E-state index < -0.39 is 0 Å². The number of pyridine rings is 1. The van der Waals surface area contributed by atoms with E-state index in [0.717, 1.165) is 30.6 Å². The van der Waals surface area contributed by atoms with Crippen molar-refractivity contribution in [2.75, 3.05) is 6.61 Å². The minimum Gasteiger partial charge on any atom is -0.477 e. The van der Waals surface area contributed by atoms with E-state index in [-0.39, 0.29) is 5.54 Å². The number of nitrogens with one attached hydrogen (secondary N) is 1. The largest absolute Gasteiger partial charge is 0.477 e. The predicted octanol–water partition coefficient (Wildman–Crippen LogP) is 3.88. The van der Waals surface area contributed by atoms with Gasteiger partial charge < -0.3 is 10.1 Å². The summed E-state index contributed by atoms with van der Waals surface area (Å²) in [5.74, 6) is 1.97.